The van der Waals surface area contributed by atoms with Crippen LogP contribution in [0.2, 0.25) is 0 Å². The third-order valence-electron chi connectivity index (χ3n) is 5.66. The lowest BCUT2D eigenvalue weighted by molar-refractivity contribution is 0.156. The van der Waals surface area contributed by atoms with Gasteiger partial charge < -0.3 is 0 Å². The summed E-state index contributed by atoms with van der Waals surface area (Å²) >= 11 is 0. The fourth-order valence-corrected chi connectivity index (χ4v) is 2.86. The maximum Gasteiger partial charge on any atom is -0.0234 e. The maximum absolute atomic E-state index is 4.09. The van der Waals surface area contributed by atoms with Crippen LogP contribution in [0.15, 0.2) is 12.2 Å². The molecule has 0 nitrogen and oxygen atoms in total. The first-order valence-corrected chi connectivity index (χ1v) is 7.87. The van der Waals surface area contributed by atoms with E-state index in [0.29, 0.717) is 5.92 Å². The minimum atomic E-state index is 0.661. The molecule has 0 bridgehead atoms. The second kappa shape index (κ2) is 8.02. The molecule has 0 aliphatic heterocycles. The topological polar surface area (TPSA) is 0 Å². The molecule has 0 N–H and O–H groups in total. The molecule has 6 unspecified atom stereocenters. The Bertz CT molecular complexity index is 240. The summed E-state index contributed by atoms with van der Waals surface area (Å²) in [7, 11) is 0. The van der Waals surface area contributed by atoms with Crippen LogP contribution in [0.5, 0.6) is 0 Å². The molecule has 0 radical (unpaired) electrons. The molecule has 0 saturated carbocycles. The molecule has 18 heavy (non-hydrogen) atoms. The maximum atomic E-state index is 4.09. The lowest BCUT2D eigenvalue weighted by atomic mass is 9.71. The Morgan fingerprint density at radius 3 is 1.67 bits per heavy atom. The number of hydrogen-bond donors (Lipinski definition) is 0. The highest BCUT2D eigenvalue weighted by Gasteiger charge is 2.27. The minimum Gasteiger partial charge on any atom is -0.0999 e. The van der Waals surface area contributed by atoms with E-state index in [1.54, 1.807) is 0 Å². The third-order valence-corrected chi connectivity index (χ3v) is 5.66. The molecule has 0 amide bonds. The largest absolute Gasteiger partial charge is 0.0999 e. The van der Waals surface area contributed by atoms with E-state index in [-0.39, 0.29) is 0 Å². The van der Waals surface area contributed by atoms with Gasteiger partial charge in [-0.2, -0.15) is 0 Å². The molecule has 0 aliphatic rings. The van der Waals surface area contributed by atoms with Crippen LogP contribution in [0.25, 0.3) is 0 Å². The van der Waals surface area contributed by atoms with Gasteiger partial charge in [0.25, 0.3) is 0 Å². The van der Waals surface area contributed by atoms with Crippen molar-refractivity contribution in [1.29, 1.82) is 0 Å². The van der Waals surface area contributed by atoms with Crippen LogP contribution in [0, 0.1) is 35.5 Å². The summed E-state index contributed by atoms with van der Waals surface area (Å²) in [6.07, 6.45) is 2.59. The van der Waals surface area contributed by atoms with Crippen LogP contribution in [-0.4, -0.2) is 0 Å². The highest BCUT2D eigenvalue weighted by atomic mass is 14.3. The number of rotatable bonds is 8. The van der Waals surface area contributed by atoms with Gasteiger partial charge in [0, 0.05) is 0 Å². The smallest absolute Gasteiger partial charge is 0.0234 e. The molecule has 0 rings (SSSR count). The van der Waals surface area contributed by atoms with E-state index in [1.807, 2.05) is 0 Å². The van der Waals surface area contributed by atoms with E-state index in [0.717, 1.165) is 29.6 Å². The second-order valence-electron chi connectivity index (χ2n) is 6.92. The Morgan fingerprint density at radius 2 is 1.28 bits per heavy atom. The summed E-state index contributed by atoms with van der Waals surface area (Å²) < 4.78 is 0. The standard InChI is InChI=1S/C18H36/c1-10-13(4)16(7)18(9)17(8)15(6)11-14(5)12(2)3/h13-18H,2,10-11H2,1,3-9H3. The molecular weight excluding hydrogens is 216 g/mol. The zero-order valence-corrected chi connectivity index (χ0v) is 14.1. The van der Waals surface area contributed by atoms with Crippen LogP contribution < -0.4 is 0 Å². The molecule has 0 spiro atoms. The van der Waals surface area contributed by atoms with Gasteiger partial charge in [-0.1, -0.05) is 67.0 Å². The van der Waals surface area contributed by atoms with Gasteiger partial charge in [0.05, 0.1) is 0 Å². The molecule has 0 heterocycles. The van der Waals surface area contributed by atoms with Crippen molar-refractivity contribution in [3.8, 4) is 0 Å². The molecular formula is C18H36. The van der Waals surface area contributed by atoms with E-state index >= 15 is 0 Å². The molecule has 0 aromatic carbocycles. The normalized spacial score (nSPS) is 21.8. The van der Waals surface area contributed by atoms with Crippen molar-refractivity contribution in [2.45, 2.75) is 68.2 Å². The number of hydrogen-bond acceptors (Lipinski definition) is 0. The van der Waals surface area contributed by atoms with Crippen molar-refractivity contribution in [2.24, 2.45) is 35.5 Å². The molecule has 0 fully saturated rings. The Hall–Kier alpha value is -0.260. The molecule has 0 aromatic rings. The van der Waals surface area contributed by atoms with E-state index in [1.165, 1.54) is 18.4 Å². The van der Waals surface area contributed by atoms with Crippen molar-refractivity contribution in [3.05, 3.63) is 12.2 Å². The summed E-state index contributed by atoms with van der Waals surface area (Å²) in [5.74, 6) is 4.73. The van der Waals surface area contributed by atoms with E-state index in [9.17, 15) is 0 Å². The van der Waals surface area contributed by atoms with Gasteiger partial charge in [0.1, 0.15) is 0 Å². The van der Waals surface area contributed by atoms with E-state index in [4.69, 9.17) is 0 Å². The second-order valence-corrected chi connectivity index (χ2v) is 6.92. The van der Waals surface area contributed by atoms with Crippen LogP contribution in [0.4, 0.5) is 0 Å². The van der Waals surface area contributed by atoms with Gasteiger partial charge in [0.15, 0.2) is 0 Å². The highest BCUT2D eigenvalue weighted by Crippen LogP contribution is 2.35. The molecule has 0 saturated heterocycles. The van der Waals surface area contributed by atoms with Crippen molar-refractivity contribution in [1.82, 2.24) is 0 Å². The molecule has 0 aliphatic carbocycles. The first-order chi connectivity index (χ1) is 8.22. The summed E-state index contributed by atoms with van der Waals surface area (Å²) in [5, 5.41) is 0. The average Bonchev–Trinajstić information content (AvgIpc) is 2.34. The summed E-state index contributed by atoms with van der Waals surface area (Å²) in [6, 6.07) is 0. The molecule has 0 heteroatoms. The van der Waals surface area contributed by atoms with Crippen molar-refractivity contribution >= 4 is 0 Å². The first-order valence-electron chi connectivity index (χ1n) is 7.87. The first kappa shape index (κ1) is 17.7. The van der Waals surface area contributed by atoms with Gasteiger partial charge in [-0.3, -0.25) is 0 Å². The Morgan fingerprint density at radius 1 is 0.833 bits per heavy atom. The summed E-state index contributed by atoms with van der Waals surface area (Å²) in [6.45, 7) is 23.0. The quantitative estimate of drug-likeness (QED) is 0.452. The molecule has 0 aromatic heterocycles. The Balaban J connectivity index is 4.44. The van der Waals surface area contributed by atoms with Gasteiger partial charge in [-0.15, -0.1) is 0 Å². The van der Waals surface area contributed by atoms with E-state index < -0.39 is 0 Å². The van der Waals surface area contributed by atoms with Crippen molar-refractivity contribution < 1.29 is 0 Å². The highest BCUT2D eigenvalue weighted by molar-refractivity contribution is 4.94. The van der Waals surface area contributed by atoms with Gasteiger partial charge in [-0.05, 0) is 48.9 Å². The summed E-state index contributed by atoms with van der Waals surface area (Å²) in [5.41, 5.74) is 1.33. The van der Waals surface area contributed by atoms with Gasteiger partial charge >= 0.3 is 0 Å². The van der Waals surface area contributed by atoms with Crippen molar-refractivity contribution in [3.63, 3.8) is 0 Å². The fraction of sp³-hybridized carbons (Fsp3) is 0.889. The van der Waals surface area contributed by atoms with E-state index in [2.05, 4.69) is 62.0 Å². The summed E-state index contributed by atoms with van der Waals surface area (Å²) in [4.78, 5) is 0. The fourth-order valence-electron chi connectivity index (χ4n) is 2.86. The molecule has 6 atom stereocenters. The number of allylic oxidation sites excluding steroid dienone is 1. The lowest BCUT2D eigenvalue weighted by Crippen LogP contribution is -2.27. The van der Waals surface area contributed by atoms with Gasteiger partial charge in [-0.25, -0.2) is 0 Å². The minimum absolute atomic E-state index is 0.661. The zero-order valence-electron chi connectivity index (χ0n) is 14.1. The van der Waals surface area contributed by atoms with Crippen LogP contribution >= 0.6 is 0 Å². The lowest BCUT2D eigenvalue weighted by Gasteiger charge is -2.34. The third kappa shape index (κ3) is 5.16. The Kier molecular flexibility index (Phi) is 7.90. The van der Waals surface area contributed by atoms with Gasteiger partial charge in [0.2, 0.25) is 0 Å². The Labute approximate surface area is 116 Å². The molecule has 108 valence electrons. The van der Waals surface area contributed by atoms with Crippen LogP contribution in [-0.2, 0) is 0 Å². The average molecular weight is 252 g/mol. The monoisotopic (exact) mass is 252 g/mol. The van der Waals surface area contributed by atoms with Crippen LogP contribution in [0.1, 0.15) is 68.2 Å². The van der Waals surface area contributed by atoms with Crippen molar-refractivity contribution in [2.75, 3.05) is 0 Å². The predicted molar refractivity (Wildman–Crippen MR) is 84.7 cm³/mol. The SMILES string of the molecule is C=C(C)C(C)CC(C)C(C)C(C)C(C)C(C)CC. The van der Waals surface area contributed by atoms with Crippen LogP contribution in [0.3, 0.4) is 0 Å². The zero-order chi connectivity index (χ0) is 14.5. The predicted octanol–water partition coefficient (Wildman–Crippen LogP) is 6.18.